The molecule has 3 rings (SSSR count). The molecule has 0 N–H and O–H groups in total. The minimum Gasteiger partial charge on any atom is -0.379 e. The van der Waals surface area contributed by atoms with E-state index in [-0.39, 0.29) is 11.3 Å². The van der Waals surface area contributed by atoms with E-state index in [1.54, 1.807) is 19.1 Å². The molecular formula is C16H24N2O3S. The summed E-state index contributed by atoms with van der Waals surface area (Å²) in [5.41, 5.74) is 1.20. The quantitative estimate of drug-likeness (QED) is 0.841. The van der Waals surface area contributed by atoms with Crippen molar-refractivity contribution in [2.75, 3.05) is 50.5 Å². The molecule has 122 valence electrons. The van der Waals surface area contributed by atoms with Crippen molar-refractivity contribution in [2.45, 2.75) is 23.8 Å². The third-order valence-electron chi connectivity index (χ3n) is 5.02. The Balaban J connectivity index is 1.80. The lowest BCUT2D eigenvalue weighted by atomic mass is 9.93. The Morgan fingerprint density at radius 1 is 1.23 bits per heavy atom. The first-order chi connectivity index (χ1) is 10.5. The van der Waals surface area contributed by atoms with Gasteiger partial charge < -0.3 is 9.64 Å². The topological polar surface area (TPSA) is 49.9 Å². The number of hydrogen-bond donors (Lipinski definition) is 0. The number of nitrogens with zero attached hydrogens (tertiary/aromatic N) is 2. The molecule has 0 radical (unpaired) electrons. The zero-order valence-electron chi connectivity index (χ0n) is 13.3. The third kappa shape index (κ3) is 2.75. The number of sulfone groups is 1. The summed E-state index contributed by atoms with van der Waals surface area (Å²) < 4.78 is 29.4. The van der Waals surface area contributed by atoms with E-state index in [0.29, 0.717) is 4.90 Å². The Morgan fingerprint density at radius 3 is 2.55 bits per heavy atom. The predicted octanol–water partition coefficient (Wildman–Crippen LogP) is 1.39. The van der Waals surface area contributed by atoms with Crippen LogP contribution in [0.1, 0.15) is 13.3 Å². The summed E-state index contributed by atoms with van der Waals surface area (Å²) in [6, 6.07) is 7.31. The van der Waals surface area contributed by atoms with Gasteiger partial charge in [-0.2, -0.15) is 0 Å². The summed E-state index contributed by atoms with van der Waals surface area (Å²) in [6.45, 7) is 6.17. The van der Waals surface area contributed by atoms with Crippen LogP contribution in [-0.2, 0) is 14.6 Å². The van der Waals surface area contributed by atoms with Crippen molar-refractivity contribution in [1.29, 1.82) is 0 Å². The summed E-state index contributed by atoms with van der Waals surface area (Å²) >= 11 is 0. The highest BCUT2D eigenvalue weighted by Gasteiger charge is 2.42. The fraction of sp³-hybridized carbons (Fsp3) is 0.625. The average Bonchev–Trinajstić information content (AvgIpc) is 3.00. The van der Waals surface area contributed by atoms with Crippen LogP contribution in [0.5, 0.6) is 0 Å². The zero-order valence-corrected chi connectivity index (χ0v) is 14.1. The monoisotopic (exact) mass is 324 g/mol. The summed E-state index contributed by atoms with van der Waals surface area (Å²) in [7, 11) is -0.954. The summed E-state index contributed by atoms with van der Waals surface area (Å²) in [5, 5.41) is 0. The van der Waals surface area contributed by atoms with E-state index in [1.165, 1.54) is 0 Å². The molecule has 22 heavy (non-hydrogen) atoms. The summed E-state index contributed by atoms with van der Waals surface area (Å²) in [6.07, 6.45) is 1.06. The van der Waals surface area contributed by atoms with Crippen molar-refractivity contribution in [2.24, 2.45) is 0 Å². The van der Waals surface area contributed by atoms with Crippen LogP contribution in [0, 0.1) is 0 Å². The first-order valence-corrected chi connectivity index (χ1v) is 9.49. The van der Waals surface area contributed by atoms with Crippen LogP contribution >= 0.6 is 0 Å². The second kappa shape index (κ2) is 5.83. The van der Waals surface area contributed by atoms with Crippen molar-refractivity contribution in [3.8, 4) is 0 Å². The van der Waals surface area contributed by atoms with Crippen molar-refractivity contribution in [1.82, 2.24) is 4.90 Å². The molecule has 1 atom stereocenters. The Morgan fingerprint density at radius 2 is 1.95 bits per heavy atom. The molecule has 0 saturated carbocycles. The maximum Gasteiger partial charge on any atom is 0.178 e. The van der Waals surface area contributed by atoms with Gasteiger partial charge in [-0.05, 0) is 37.7 Å². The first-order valence-electron chi connectivity index (χ1n) is 7.84. The van der Waals surface area contributed by atoms with Crippen LogP contribution in [0.3, 0.4) is 0 Å². The van der Waals surface area contributed by atoms with Crippen LogP contribution in [0.15, 0.2) is 29.2 Å². The van der Waals surface area contributed by atoms with E-state index in [4.69, 9.17) is 4.74 Å². The molecule has 1 aromatic rings. The van der Waals surface area contributed by atoms with Gasteiger partial charge in [0, 0.05) is 31.9 Å². The van der Waals surface area contributed by atoms with Crippen molar-refractivity contribution >= 4 is 15.5 Å². The van der Waals surface area contributed by atoms with Gasteiger partial charge in [-0.1, -0.05) is 6.92 Å². The van der Waals surface area contributed by atoms with Crippen molar-refractivity contribution < 1.29 is 13.2 Å². The van der Waals surface area contributed by atoms with E-state index in [2.05, 4.69) is 16.8 Å². The largest absolute Gasteiger partial charge is 0.379 e. The van der Waals surface area contributed by atoms with Gasteiger partial charge in [0.05, 0.1) is 22.8 Å². The molecule has 0 amide bonds. The number of rotatable bonds is 3. The number of piperazine rings is 1. The first kappa shape index (κ1) is 15.8. The number of benzene rings is 1. The second-order valence-electron chi connectivity index (χ2n) is 6.27. The van der Waals surface area contributed by atoms with E-state index >= 15 is 0 Å². The number of likely N-dealkylation sites (N-methyl/N-ethyl adjacent to an activating group) is 1. The van der Waals surface area contributed by atoms with Crippen LogP contribution in [0.2, 0.25) is 0 Å². The van der Waals surface area contributed by atoms with Gasteiger partial charge in [0.15, 0.2) is 9.84 Å². The molecule has 2 saturated heterocycles. The van der Waals surface area contributed by atoms with Gasteiger partial charge in [-0.25, -0.2) is 8.42 Å². The van der Waals surface area contributed by atoms with Gasteiger partial charge in [0.2, 0.25) is 0 Å². The minimum absolute atomic E-state index is 0.104. The normalized spacial score (nSPS) is 26.7. The lowest BCUT2D eigenvalue weighted by molar-refractivity contribution is 0.0778. The molecule has 2 aliphatic heterocycles. The van der Waals surface area contributed by atoms with Crippen LogP contribution < -0.4 is 4.90 Å². The molecule has 1 spiro atoms. The molecule has 0 aromatic heterocycles. The Kier molecular flexibility index (Phi) is 4.18. The maximum atomic E-state index is 11.9. The van der Waals surface area contributed by atoms with Gasteiger partial charge in [0.25, 0.3) is 0 Å². The number of anilines is 1. The van der Waals surface area contributed by atoms with Gasteiger partial charge in [-0.15, -0.1) is 0 Å². The highest BCUT2D eigenvalue weighted by Crippen LogP contribution is 2.31. The number of hydrogen-bond acceptors (Lipinski definition) is 5. The lowest BCUT2D eigenvalue weighted by Gasteiger charge is -2.47. The van der Waals surface area contributed by atoms with E-state index in [0.717, 1.165) is 45.0 Å². The van der Waals surface area contributed by atoms with Crippen LogP contribution in [0.25, 0.3) is 0 Å². The molecule has 2 heterocycles. The fourth-order valence-corrected chi connectivity index (χ4v) is 4.22. The molecule has 0 aliphatic carbocycles. The fourth-order valence-electron chi connectivity index (χ4n) is 3.34. The van der Waals surface area contributed by atoms with Crippen molar-refractivity contribution in [3.05, 3.63) is 24.3 Å². The zero-order chi connectivity index (χ0) is 15.8. The van der Waals surface area contributed by atoms with E-state index in [9.17, 15) is 8.42 Å². The Hall–Kier alpha value is -1.11. The minimum atomic E-state index is -3.12. The van der Waals surface area contributed by atoms with Crippen LogP contribution in [-0.4, -0.2) is 64.5 Å². The SMILES string of the molecule is CCS(=O)(=O)c1ccc(N2CCN(C)C3(CCOC3)C2)cc1. The highest BCUT2D eigenvalue weighted by molar-refractivity contribution is 7.91. The second-order valence-corrected chi connectivity index (χ2v) is 8.55. The van der Waals surface area contributed by atoms with Gasteiger partial charge in [-0.3, -0.25) is 4.90 Å². The Bertz CT molecular complexity index is 621. The third-order valence-corrected chi connectivity index (χ3v) is 6.77. The van der Waals surface area contributed by atoms with Gasteiger partial charge >= 0.3 is 0 Å². The summed E-state index contributed by atoms with van der Waals surface area (Å²) in [4.78, 5) is 5.16. The smallest absolute Gasteiger partial charge is 0.178 e. The molecule has 1 aromatic carbocycles. The Labute approximate surface area is 132 Å². The molecular weight excluding hydrogens is 300 g/mol. The van der Waals surface area contributed by atoms with Crippen molar-refractivity contribution in [3.63, 3.8) is 0 Å². The van der Waals surface area contributed by atoms with Crippen LogP contribution in [0.4, 0.5) is 5.69 Å². The molecule has 5 nitrogen and oxygen atoms in total. The molecule has 2 aliphatic rings. The molecule has 0 bridgehead atoms. The average molecular weight is 324 g/mol. The predicted molar refractivity (Wildman–Crippen MR) is 87.2 cm³/mol. The molecule has 1 unspecified atom stereocenters. The standard InChI is InChI=1S/C16H24N2O3S/c1-3-22(19,20)15-6-4-14(5-7-15)18-10-9-17(2)16(12-18)8-11-21-13-16/h4-7H,3,8-13H2,1-2H3. The molecule has 6 heteroatoms. The van der Waals surface area contributed by atoms with E-state index < -0.39 is 9.84 Å². The van der Waals surface area contributed by atoms with Gasteiger partial charge in [0.1, 0.15) is 0 Å². The number of ether oxygens (including phenoxy) is 1. The van der Waals surface area contributed by atoms with E-state index in [1.807, 2.05) is 12.1 Å². The lowest BCUT2D eigenvalue weighted by Crippen LogP contribution is -2.61. The molecule has 2 fully saturated rings. The maximum absolute atomic E-state index is 11.9. The summed E-state index contributed by atoms with van der Waals surface area (Å²) in [5.74, 6) is 0.140. The highest BCUT2D eigenvalue weighted by atomic mass is 32.2.